The van der Waals surface area contributed by atoms with Crippen LogP contribution in [0, 0.1) is 6.92 Å². The smallest absolute Gasteiger partial charge is 0.334 e. The normalized spacial score (nSPS) is 14.2. The van der Waals surface area contributed by atoms with E-state index in [0.29, 0.717) is 6.73 Å². The molecule has 13 heavy (non-hydrogen) atoms. The first-order valence-corrected chi connectivity index (χ1v) is 4.19. The van der Waals surface area contributed by atoms with Gasteiger partial charge in [0.2, 0.25) is 6.21 Å². The Hall–Kier alpha value is -1.51. The summed E-state index contributed by atoms with van der Waals surface area (Å²) in [5.74, 6) is 0.954. The Kier molecular flexibility index (Phi) is 1.93. The van der Waals surface area contributed by atoms with Gasteiger partial charge in [0.25, 0.3) is 0 Å². The SMILES string of the molecule is CO[N+]1=Cc2cccc(C)c2OC1. The van der Waals surface area contributed by atoms with Gasteiger partial charge in [-0.25, -0.2) is 0 Å². The molecule has 1 aliphatic heterocycles. The van der Waals surface area contributed by atoms with E-state index in [4.69, 9.17) is 9.57 Å². The van der Waals surface area contributed by atoms with E-state index in [1.165, 1.54) is 0 Å². The number of rotatable bonds is 1. The summed E-state index contributed by atoms with van der Waals surface area (Å²) < 4.78 is 7.18. The molecule has 0 aliphatic carbocycles. The van der Waals surface area contributed by atoms with Crippen molar-refractivity contribution in [3.8, 4) is 5.75 Å². The molecule has 0 aromatic heterocycles. The zero-order valence-electron chi connectivity index (χ0n) is 7.78. The summed E-state index contributed by atoms with van der Waals surface area (Å²) in [5, 5.41) is 0. The lowest BCUT2D eigenvalue weighted by Gasteiger charge is -2.12. The van der Waals surface area contributed by atoms with Crippen LogP contribution in [0.3, 0.4) is 0 Å². The monoisotopic (exact) mass is 178 g/mol. The highest BCUT2D eigenvalue weighted by atomic mass is 16.7. The fourth-order valence-corrected chi connectivity index (χ4v) is 1.40. The zero-order chi connectivity index (χ0) is 9.26. The number of fused-ring (bicyclic) bond motifs is 1. The van der Waals surface area contributed by atoms with Crippen molar-refractivity contribution in [2.75, 3.05) is 13.8 Å². The van der Waals surface area contributed by atoms with Gasteiger partial charge in [-0.05, 0) is 18.6 Å². The molecule has 0 saturated heterocycles. The first kappa shape index (κ1) is 8.10. The molecule has 0 spiro atoms. The van der Waals surface area contributed by atoms with Crippen LogP contribution in [-0.2, 0) is 4.84 Å². The average molecular weight is 178 g/mol. The summed E-state index contributed by atoms with van der Waals surface area (Å²) >= 11 is 0. The first-order chi connectivity index (χ1) is 6.31. The van der Waals surface area contributed by atoms with Crippen LogP contribution < -0.4 is 4.74 Å². The predicted molar refractivity (Wildman–Crippen MR) is 49.1 cm³/mol. The number of para-hydroxylation sites is 1. The average Bonchev–Trinajstić information content (AvgIpc) is 2.18. The summed E-state index contributed by atoms with van der Waals surface area (Å²) in [6.45, 7) is 2.49. The number of hydrogen-bond acceptors (Lipinski definition) is 2. The lowest BCUT2D eigenvalue weighted by molar-refractivity contribution is -0.794. The van der Waals surface area contributed by atoms with Gasteiger partial charge in [0, 0.05) is 4.74 Å². The molecule has 0 fully saturated rings. The van der Waals surface area contributed by atoms with Crippen LogP contribution in [0.15, 0.2) is 18.2 Å². The van der Waals surface area contributed by atoms with Crippen molar-refractivity contribution in [2.24, 2.45) is 0 Å². The fourth-order valence-electron chi connectivity index (χ4n) is 1.40. The van der Waals surface area contributed by atoms with Crippen molar-refractivity contribution in [1.29, 1.82) is 0 Å². The molecule has 0 amide bonds. The fraction of sp³-hybridized carbons (Fsp3) is 0.300. The number of benzene rings is 1. The molecule has 1 aliphatic rings. The second-order valence-corrected chi connectivity index (χ2v) is 3.00. The molecule has 3 nitrogen and oxygen atoms in total. The summed E-state index contributed by atoms with van der Waals surface area (Å²) in [6.07, 6.45) is 1.94. The Morgan fingerprint density at radius 3 is 3.08 bits per heavy atom. The van der Waals surface area contributed by atoms with Crippen LogP contribution in [0.2, 0.25) is 0 Å². The molecular weight excluding hydrogens is 166 g/mol. The number of aryl methyl sites for hydroxylation is 1. The van der Waals surface area contributed by atoms with Gasteiger partial charge in [-0.2, -0.15) is 0 Å². The summed E-state index contributed by atoms with van der Waals surface area (Å²) in [6, 6.07) is 6.05. The van der Waals surface area contributed by atoms with Crippen LogP contribution in [-0.4, -0.2) is 24.8 Å². The highest BCUT2D eigenvalue weighted by Crippen LogP contribution is 2.23. The van der Waals surface area contributed by atoms with Crippen molar-refractivity contribution in [3.05, 3.63) is 29.3 Å². The summed E-state index contributed by atoms with van der Waals surface area (Å²) in [7, 11) is 1.63. The Morgan fingerprint density at radius 1 is 1.46 bits per heavy atom. The van der Waals surface area contributed by atoms with E-state index >= 15 is 0 Å². The largest absolute Gasteiger partial charge is 0.432 e. The Labute approximate surface area is 77.2 Å². The topological polar surface area (TPSA) is 21.5 Å². The van der Waals surface area contributed by atoms with E-state index in [1.807, 2.05) is 31.3 Å². The lowest BCUT2D eigenvalue weighted by Crippen LogP contribution is -2.23. The molecule has 2 rings (SSSR count). The van der Waals surface area contributed by atoms with Gasteiger partial charge in [0.1, 0.15) is 12.9 Å². The maximum atomic E-state index is 5.53. The van der Waals surface area contributed by atoms with E-state index in [-0.39, 0.29) is 0 Å². The summed E-state index contributed by atoms with van der Waals surface area (Å²) in [4.78, 5) is 5.04. The molecule has 0 N–H and O–H groups in total. The molecule has 0 bridgehead atoms. The molecule has 3 heteroatoms. The van der Waals surface area contributed by atoms with Crippen LogP contribution >= 0.6 is 0 Å². The van der Waals surface area contributed by atoms with Crippen molar-refractivity contribution in [1.82, 2.24) is 0 Å². The van der Waals surface area contributed by atoms with Gasteiger partial charge in [0.15, 0.2) is 0 Å². The third kappa shape index (κ3) is 1.37. The Balaban J connectivity index is 2.47. The summed E-state index contributed by atoms with van der Waals surface area (Å²) in [5.41, 5.74) is 2.22. The standard InChI is InChI=1S/C10H12NO2/c1-8-4-3-5-9-6-11(12-2)7-13-10(8)9/h3-6H,7H2,1-2H3/q+1. The maximum absolute atomic E-state index is 5.53. The van der Waals surface area contributed by atoms with Gasteiger partial charge in [-0.3, -0.25) is 4.84 Å². The molecule has 68 valence electrons. The first-order valence-electron chi connectivity index (χ1n) is 4.19. The molecule has 0 atom stereocenters. The second kappa shape index (κ2) is 3.09. The number of hydrogen-bond donors (Lipinski definition) is 0. The van der Waals surface area contributed by atoms with E-state index in [1.54, 1.807) is 11.8 Å². The van der Waals surface area contributed by atoms with Crippen LogP contribution in [0.5, 0.6) is 5.75 Å². The number of hydroxylamine groups is 1. The molecule has 1 aromatic carbocycles. The second-order valence-electron chi connectivity index (χ2n) is 3.00. The van der Waals surface area contributed by atoms with Crippen molar-refractivity contribution in [3.63, 3.8) is 0 Å². The van der Waals surface area contributed by atoms with Crippen LogP contribution in [0.4, 0.5) is 0 Å². The van der Waals surface area contributed by atoms with Crippen LogP contribution in [0.25, 0.3) is 0 Å². The molecular formula is C10H12NO2+. The minimum Gasteiger partial charge on any atom is -0.432 e. The molecule has 1 aromatic rings. The minimum atomic E-state index is 0.453. The highest BCUT2D eigenvalue weighted by Gasteiger charge is 2.18. The minimum absolute atomic E-state index is 0.453. The van der Waals surface area contributed by atoms with Gasteiger partial charge in [-0.1, -0.05) is 12.1 Å². The van der Waals surface area contributed by atoms with Gasteiger partial charge in [-0.15, -0.1) is 0 Å². The molecule has 0 saturated carbocycles. The highest BCUT2D eigenvalue weighted by molar-refractivity contribution is 5.81. The number of ether oxygens (including phenoxy) is 1. The van der Waals surface area contributed by atoms with Gasteiger partial charge < -0.3 is 4.74 Å². The van der Waals surface area contributed by atoms with Crippen molar-refractivity contribution < 1.29 is 14.3 Å². The molecule has 1 heterocycles. The predicted octanol–water partition coefficient (Wildman–Crippen LogP) is 1.34. The van der Waals surface area contributed by atoms with Gasteiger partial charge in [0.05, 0.1) is 5.56 Å². The van der Waals surface area contributed by atoms with E-state index in [0.717, 1.165) is 16.9 Å². The zero-order valence-corrected chi connectivity index (χ0v) is 7.78. The molecule has 0 radical (unpaired) electrons. The van der Waals surface area contributed by atoms with E-state index in [2.05, 4.69) is 0 Å². The van der Waals surface area contributed by atoms with Crippen LogP contribution in [0.1, 0.15) is 11.1 Å². The van der Waals surface area contributed by atoms with E-state index in [9.17, 15) is 0 Å². The Morgan fingerprint density at radius 2 is 2.31 bits per heavy atom. The van der Waals surface area contributed by atoms with Gasteiger partial charge >= 0.3 is 6.73 Å². The van der Waals surface area contributed by atoms with Crippen molar-refractivity contribution >= 4 is 6.21 Å². The lowest BCUT2D eigenvalue weighted by atomic mass is 10.1. The third-order valence-corrected chi connectivity index (χ3v) is 2.10. The third-order valence-electron chi connectivity index (χ3n) is 2.10. The molecule has 0 unspecified atom stereocenters. The number of nitrogens with zero attached hydrogens (tertiary/aromatic N) is 1. The van der Waals surface area contributed by atoms with E-state index < -0.39 is 0 Å². The quantitative estimate of drug-likeness (QED) is 0.605. The Bertz CT molecular complexity index is 358. The van der Waals surface area contributed by atoms with Crippen molar-refractivity contribution in [2.45, 2.75) is 6.92 Å². The maximum Gasteiger partial charge on any atom is 0.334 e.